The van der Waals surface area contributed by atoms with Crippen molar-refractivity contribution in [2.75, 3.05) is 0 Å². The minimum absolute atomic E-state index is 0.120. The van der Waals surface area contributed by atoms with Gasteiger partial charge in [-0.3, -0.25) is 4.79 Å². The van der Waals surface area contributed by atoms with Gasteiger partial charge < -0.3 is 10.1 Å². The third kappa shape index (κ3) is 4.31. The number of halogens is 1. The SMILES string of the molecule is CCC(Oc1ccc(Cl)cc1)C(=O)NCc1cccc2ccccc12. The lowest BCUT2D eigenvalue weighted by Gasteiger charge is -2.17. The van der Waals surface area contributed by atoms with Crippen LogP contribution in [-0.2, 0) is 11.3 Å². The molecule has 25 heavy (non-hydrogen) atoms. The monoisotopic (exact) mass is 353 g/mol. The minimum Gasteiger partial charge on any atom is -0.481 e. The van der Waals surface area contributed by atoms with Gasteiger partial charge >= 0.3 is 0 Å². The van der Waals surface area contributed by atoms with Gasteiger partial charge in [0.15, 0.2) is 6.10 Å². The number of amides is 1. The number of ether oxygens (including phenoxy) is 1. The smallest absolute Gasteiger partial charge is 0.261 e. The molecule has 0 aliphatic rings. The Hall–Kier alpha value is -2.52. The largest absolute Gasteiger partial charge is 0.481 e. The molecular weight excluding hydrogens is 334 g/mol. The van der Waals surface area contributed by atoms with Crippen LogP contribution >= 0.6 is 11.6 Å². The van der Waals surface area contributed by atoms with Gasteiger partial charge in [0.2, 0.25) is 0 Å². The summed E-state index contributed by atoms with van der Waals surface area (Å²) in [6.45, 7) is 2.40. The van der Waals surface area contributed by atoms with Crippen LogP contribution in [0.4, 0.5) is 0 Å². The highest BCUT2D eigenvalue weighted by atomic mass is 35.5. The molecule has 0 saturated heterocycles. The van der Waals surface area contributed by atoms with Gasteiger partial charge in [-0.25, -0.2) is 0 Å². The van der Waals surface area contributed by atoms with Crippen molar-refractivity contribution in [1.82, 2.24) is 5.32 Å². The molecule has 1 atom stereocenters. The fourth-order valence-corrected chi connectivity index (χ4v) is 2.87. The first-order chi connectivity index (χ1) is 12.2. The van der Waals surface area contributed by atoms with Gasteiger partial charge in [0.25, 0.3) is 5.91 Å². The number of fused-ring (bicyclic) bond motifs is 1. The summed E-state index contributed by atoms with van der Waals surface area (Å²) in [5.74, 6) is 0.516. The van der Waals surface area contributed by atoms with Crippen LogP contribution in [0.3, 0.4) is 0 Å². The van der Waals surface area contributed by atoms with E-state index in [1.54, 1.807) is 24.3 Å². The number of benzene rings is 3. The molecule has 1 amide bonds. The summed E-state index contributed by atoms with van der Waals surface area (Å²) in [4.78, 5) is 12.5. The Morgan fingerprint density at radius 1 is 1.04 bits per heavy atom. The molecule has 0 aliphatic heterocycles. The average Bonchev–Trinajstić information content (AvgIpc) is 2.65. The Morgan fingerprint density at radius 3 is 2.52 bits per heavy atom. The molecule has 3 aromatic rings. The van der Waals surface area contributed by atoms with Gasteiger partial charge in [0, 0.05) is 11.6 Å². The van der Waals surface area contributed by atoms with Gasteiger partial charge in [0.05, 0.1) is 0 Å². The Kier molecular flexibility index (Phi) is 5.56. The van der Waals surface area contributed by atoms with Crippen molar-refractivity contribution < 1.29 is 9.53 Å². The van der Waals surface area contributed by atoms with Gasteiger partial charge in [-0.15, -0.1) is 0 Å². The van der Waals surface area contributed by atoms with E-state index in [1.165, 1.54) is 5.39 Å². The molecule has 128 valence electrons. The molecule has 4 heteroatoms. The average molecular weight is 354 g/mol. The van der Waals surface area contributed by atoms with Crippen LogP contribution in [-0.4, -0.2) is 12.0 Å². The first kappa shape index (κ1) is 17.3. The second-order valence-corrected chi connectivity index (χ2v) is 6.26. The van der Waals surface area contributed by atoms with E-state index < -0.39 is 6.10 Å². The molecule has 0 aromatic heterocycles. The zero-order valence-electron chi connectivity index (χ0n) is 14.0. The quantitative estimate of drug-likeness (QED) is 0.679. The Morgan fingerprint density at radius 2 is 1.76 bits per heavy atom. The third-order valence-electron chi connectivity index (χ3n) is 4.09. The molecule has 0 heterocycles. The predicted octanol–water partition coefficient (Wildman–Crippen LogP) is 4.97. The number of hydrogen-bond acceptors (Lipinski definition) is 2. The highest BCUT2D eigenvalue weighted by Gasteiger charge is 2.18. The Balaban J connectivity index is 1.66. The standard InChI is InChI=1S/C21H20ClNO2/c1-2-20(25-18-12-10-17(22)11-13-18)21(24)23-14-16-8-5-7-15-6-3-4-9-19(15)16/h3-13,20H,2,14H2,1H3,(H,23,24). The van der Waals surface area contributed by atoms with Crippen LogP contribution in [0, 0.1) is 0 Å². The Labute approximate surface area is 152 Å². The topological polar surface area (TPSA) is 38.3 Å². The summed E-state index contributed by atoms with van der Waals surface area (Å²) in [7, 11) is 0. The van der Waals surface area contributed by atoms with Crippen LogP contribution < -0.4 is 10.1 Å². The molecule has 0 aliphatic carbocycles. The minimum atomic E-state index is -0.531. The van der Waals surface area contributed by atoms with Crippen molar-refractivity contribution in [2.24, 2.45) is 0 Å². The molecule has 0 fully saturated rings. The molecule has 0 saturated carbocycles. The van der Waals surface area contributed by atoms with Crippen molar-refractivity contribution >= 4 is 28.3 Å². The maximum absolute atomic E-state index is 12.5. The van der Waals surface area contributed by atoms with Crippen molar-refractivity contribution in [3.63, 3.8) is 0 Å². The summed E-state index contributed by atoms with van der Waals surface area (Å²) in [6, 6.07) is 21.3. The molecule has 1 N–H and O–H groups in total. The molecule has 1 unspecified atom stereocenters. The fraction of sp³-hybridized carbons (Fsp3) is 0.190. The van der Waals surface area contributed by atoms with Crippen LogP contribution in [0.15, 0.2) is 66.7 Å². The maximum Gasteiger partial charge on any atom is 0.261 e. The fourth-order valence-electron chi connectivity index (χ4n) is 2.74. The zero-order valence-corrected chi connectivity index (χ0v) is 14.8. The first-order valence-corrected chi connectivity index (χ1v) is 8.71. The molecule has 0 radical (unpaired) electrons. The molecule has 3 nitrogen and oxygen atoms in total. The van der Waals surface area contributed by atoms with E-state index in [0.717, 1.165) is 10.9 Å². The third-order valence-corrected chi connectivity index (χ3v) is 4.34. The van der Waals surface area contributed by atoms with E-state index >= 15 is 0 Å². The number of nitrogens with one attached hydrogen (secondary N) is 1. The van der Waals surface area contributed by atoms with E-state index in [9.17, 15) is 4.79 Å². The van der Waals surface area contributed by atoms with Crippen LogP contribution in [0.25, 0.3) is 10.8 Å². The zero-order chi connectivity index (χ0) is 17.6. The normalized spacial score (nSPS) is 11.9. The van der Waals surface area contributed by atoms with Crippen molar-refractivity contribution in [3.05, 3.63) is 77.3 Å². The highest BCUT2D eigenvalue weighted by molar-refractivity contribution is 6.30. The van der Waals surface area contributed by atoms with Crippen LogP contribution in [0.5, 0.6) is 5.75 Å². The van der Waals surface area contributed by atoms with Gasteiger partial charge in [-0.2, -0.15) is 0 Å². The number of carbonyl (C=O) groups excluding carboxylic acids is 1. The lowest BCUT2D eigenvalue weighted by molar-refractivity contribution is -0.128. The summed E-state index contributed by atoms with van der Waals surface area (Å²) in [5.41, 5.74) is 1.09. The first-order valence-electron chi connectivity index (χ1n) is 8.34. The van der Waals surface area contributed by atoms with Gasteiger partial charge in [-0.05, 0) is 47.0 Å². The van der Waals surface area contributed by atoms with Crippen molar-refractivity contribution in [2.45, 2.75) is 26.0 Å². The molecule has 0 bridgehead atoms. The molecule has 3 rings (SSSR count). The number of hydrogen-bond donors (Lipinski definition) is 1. The summed E-state index contributed by atoms with van der Waals surface area (Å²) in [6.07, 6.45) is 0.0560. The van der Waals surface area contributed by atoms with E-state index in [4.69, 9.17) is 16.3 Å². The molecule has 0 spiro atoms. The molecule has 3 aromatic carbocycles. The number of carbonyl (C=O) groups is 1. The predicted molar refractivity (Wildman–Crippen MR) is 102 cm³/mol. The van der Waals surface area contributed by atoms with Crippen LogP contribution in [0.1, 0.15) is 18.9 Å². The van der Waals surface area contributed by atoms with Gasteiger partial charge in [0.1, 0.15) is 5.75 Å². The number of rotatable bonds is 6. The molecular formula is C21H20ClNO2. The maximum atomic E-state index is 12.5. The van der Waals surface area contributed by atoms with Crippen molar-refractivity contribution in [3.8, 4) is 5.75 Å². The Bertz CT molecular complexity index is 856. The second-order valence-electron chi connectivity index (χ2n) is 5.82. The van der Waals surface area contributed by atoms with E-state index in [0.29, 0.717) is 23.7 Å². The second kappa shape index (κ2) is 8.04. The summed E-state index contributed by atoms with van der Waals surface area (Å²) in [5, 5.41) is 5.94. The van der Waals surface area contributed by atoms with E-state index in [2.05, 4.69) is 23.5 Å². The van der Waals surface area contributed by atoms with Crippen LogP contribution in [0.2, 0.25) is 5.02 Å². The highest BCUT2D eigenvalue weighted by Crippen LogP contribution is 2.19. The van der Waals surface area contributed by atoms with Gasteiger partial charge in [-0.1, -0.05) is 61.0 Å². The lowest BCUT2D eigenvalue weighted by Crippen LogP contribution is -2.37. The summed E-state index contributed by atoms with van der Waals surface area (Å²) < 4.78 is 5.79. The van der Waals surface area contributed by atoms with E-state index in [-0.39, 0.29) is 5.91 Å². The summed E-state index contributed by atoms with van der Waals surface area (Å²) >= 11 is 5.88. The lowest BCUT2D eigenvalue weighted by atomic mass is 10.0. The van der Waals surface area contributed by atoms with E-state index in [1.807, 2.05) is 31.2 Å². The van der Waals surface area contributed by atoms with Crippen molar-refractivity contribution in [1.29, 1.82) is 0 Å².